The summed E-state index contributed by atoms with van der Waals surface area (Å²) in [6, 6.07) is 14.7. The van der Waals surface area contributed by atoms with E-state index in [-0.39, 0.29) is 11.8 Å². The van der Waals surface area contributed by atoms with Crippen molar-refractivity contribution >= 4 is 44.3 Å². The Balaban J connectivity index is 2.02. The number of carbonyl (C=O) groups is 2. The fraction of sp³-hybridized carbons (Fsp3) is 0.0588. The highest BCUT2D eigenvalue weighted by molar-refractivity contribution is 9.10. The van der Waals surface area contributed by atoms with E-state index in [9.17, 15) is 9.59 Å². The lowest BCUT2D eigenvalue weighted by atomic mass is 10.1. The predicted octanol–water partition coefficient (Wildman–Crippen LogP) is 4.32. The van der Waals surface area contributed by atoms with Crippen molar-refractivity contribution in [2.24, 2.45) is 0 Å². The Kier molecular flexibility index (Phi) is 3.81. The van der Waals surface area contributed by atoms with Gasteiger partial charge in [-0.2, -0.15) is 0 Å². The average Bonchev–Trinajstić information content (AvgIpc) is 2.87. The van der Waals surface area contributed by atoms with Crippen molar-refractivity contribution in [1.29, 1.82) is 0 Å². The molecule has 0 aliphatic heterocycles. The predicted molar refractivity (Wildman–Crippen MR) is 90.3 cm³/mol. The lowest BCUT2D eigenvalue weighted by Crippen LogP contribution is -2.11. The van der Waals surface area contributed by atoms with Gasteiger partial charge in [0.15, 0.2) is 0 Å². The van der Waals surface area contributed by atoms with Crippen molar-refractivity contribution in [1.82, 2.24) is 4.57 Å². The van der Waals surface area contributed by atoms with E-state index in [2.05, 4.69) is 21.2 Å². The Bertz CT molecular complexity index is 883. The number of rotatable bonds is 2. The quantitative estimate of drug-likeness (QED) is 0.743. The Morgan fingerprint density at radius 2 is 1.86 bits per heavy atom. The van der Waals surface area contributed by atoms with Gasteiger partial charge in [0, 0.05) is 28.7 Å². The van der Waals surface area contributed by atoms with Crippen LogP contribution in [0.25, 0.3) is 10.9 Å². The molecule has 1 amide bonds. The molecule has 0 bridgehead atoms. The maximum Gasteiger partial charge on any atom is 0.257 e. The van der Waals surface area contributed by atoms with Crippen LogP contribution in [0.15, 0.2) is 59.2 Å². The zero-order valence-corrected chi connectivity index (χ0v) is 13.4. The normalized spacial score (nSPS) is 10.6. The first-order chi connectivity index (χ1) is 10.6. The molecule has 0 saturated heterocycles. The molecule has 3 aromatic rings. The van der Waals surface area contributed by atoms with Gasteiger partial charge in [-0.25, -0.2) is 0 Å². The van der Waals surface area contributed by atoms with Gasteiger partial charge in [0.1, 0.15) is 0 Å². The topological polar surface area (TPSA) is 51.1 Å². The number of hydrogen-bond acceptors (Lipinski definition) is 2. The Morgan fingerprint density at radius 1 is 1.09 bits per heavy atom. The number of carbonyl (C=O) groups excluding carboxylic acids is 2. The molecule has 0 atom stereocenters. The van der Waals surface area contributed by atoms with Crippen molar-refractivity contribution < 1.29 is 9.59 Å². The summed E-state index contributed by atoms with van der Waals surface area (Å²) in [5.41, 5.74) is 1.90. The molecule has 0 saturated carbocycles. The minimum atomic E-state index is -0.241. The van der Waals surface area contributed by atoms with Crippen LogP contribution in [0.3, 0.4) is 0 Å². The van der Waals surface area contributed by atoms with Gasteiger partial charge in [-0.3, -0.25) is 14.2 Å². The minimum absolute atomic E-state index is 0.127. The lowest BCUT2D eigenvalue weighted by Gasteiger charge is -2.04. The molecule has 1 aromatic heterocycles. The van der Waals surface area contributed by atoms with Crippen LogP contribution in [0.4, 0.5) is 5.69 Å². The number of para-hydroxylation sites is 1. The largest absolute Gasteiger partial charge is 0.322 e. The number of anilines is 1. The molecule has 0 radical (unpaired) electrons. The number of fused-ring (bicyclic) bond motifs is 1. The first kappa shape index (κ1) is 14.5. The minimum Gasteiger partial charge on any atom is -0.322 e. The molecular weight excluding hydrogens is 344 g/mol. The van der Waals surface area contributed by atoms with E-state index in [1.54, 1.807) is 6.20 Å². The molecule has 0 unspecified atom stereocenters. The molecule has 0 aliphatic rings. The zero-order valence-electron chi connectivity index (χ0n) is 11.8. The molecule has 5 heteroatoms. The van der Waals surface area contributed by atoms with Gasteiger partial charge in [0.2, 0.25) is 5.91 Å². The van der Waals surface area contributed by atoms with Crippen LogP contribution in [0.5, 0.6) is 0 Å². The van der Waals surface area contributed by atoms with Crippen LogP contribution in [-0.4, -0.2) is 16.4 Å². The molecule has 110 valence electrons. The number of amides is 1. The fourth-order valence-corrected chi connectivity index (χ4v) is 2.79. The van der Waals surface area contributed by atoms with Gasteiger partial charge in [0.05, 0.1) is 11.1 Å². The van der Waals surface area contributed by atoms with Gasteiger partial charge in [-0.15, -0.1) is 0 Å². The van der Waals surface area contributed by atoms with Crippen molar-refractivity contribution in [3.8, 4) is 0 Å². The highest BCUT2D eigenvalue weighted by atomic mass is 79.9. The maximum atomic E-state index is 12.5. The SMILES string of the molecule is CC(=O)n1cc(C(=O)Nc2cccc(Br)c2)c2ccccc21. The van der Waals surface area contributed by atoms with E-state index in [0.717, 1.165) is 15.4 Å². The summed E-state index contributed by atoms with van der Waals surface area (Å²) in [4.78, 5) is 24.2. The van der Waals surface area contributed by atoms with E-state index in [1.807, 2.05) is 48.5 Å². The first-order valence-electron chi connectivity index (χ1n) is 6.74. The molecule has 1 N–H and O–H groups in total. The lowest BCUT2D eigenvalue weighted by molar-refractivity contribution is 0.0941. The summed E-state index contributed by atoms with van der Waals surface area (Å²) >= 11 is 3.37. The third kappa shape index (κ3) is 2.67. The number of hydrogen-bond donors (Lipinski definition) is 1. The van der Waals surface area contributed by atoms with E-state index < -0.39 is 0 Å². The molecule has 4 nitrogen and oxygen atoms in total. The molecule has 0 fully saturated rings. The van der Waals surface area contributed by atoms with Gasteiger partial charge in [-0.05, 0) is 24.3 Å². The van der Waals surface area contributed by atoms with Gasteiger partial charge in [0.25, 0.3) is 5.91 Å². The fourth-order valence-electron chi connectivity index (χ4n) is 2.39. The van der Waals surface area contributed by atoms with Gasteiger partial charge < -0.3 is 5.32 Å². The van der Waals surface area contributed by atoms with Crippen LogP contribution in [-0.2, 0) is 0 Å². The van der Waals surface area contributed by atoms with Crippen LogP contribution in [0.1, 0.15) is 22.1 Å². The Morgan fingerprint density at radius 3 is 2.59 bits per heavy atom. The second kappa shape index (κ2) is 5.77. The van der Waals surface area contributed by atoms with Crippen LogP contribution >= 0.6 is 15.9 Å². The number of nitrogens with one attached hydrogen (secondary N) is 1. The smallest absolute Gasteiger partial charge is 0.257 e. The Hall–Kier alpha value is -2.40. The standard InChI is InChI=1S/C17H13BrN2O2/c1-11(21)20-10-15(14-7-2-3-8-16(14)20)17(22)19-13-6-4-5-12(18)9-13/h2-10H,1H3,(H,19,22). The van der Waals surface area contributed by atoms with E-state index >= 15 is 0 Å². The summed E-state index contributed by atoms with van der Waals surface area (Å²) < 4.78 is 2.38. The van der Waals surface area contributed by atoms with Crippen molar-refractivity contribution in [3.05, 3.63) is 64.8 Å². The molecule has 2 aromatic carbocycles. The first-order valence-corrected chi connectivity index (χ1v) is 7.53. The van der Waals surface area contributed by atoms with Crippen LogP contribution < -0.4 is 5.32 Å². The van der Waals surface area contributed by atoms with E-state index in [1.165, 1.54) is 11.5 Å². The Labute approximate surface area is 135 Å². The zero-order chi connectivity index (χ0) is 15.7. The molecule has 0 spiro atoms. The van der Waals surface area contributed by atoms with Crippen molar-refractivity contribution in [2.75, 3.05) is 5.32 Å². The third-order valence-electron chi connectivity index (χ3n) is 3.38. The second-order valence-corrected chi connectivity index (χ2v) is 5.83. The number of aromatic nitrogens is 1. The highest BCUT2D eigenvalue weighted by Crippen LogP contribution is 2.23. The third-order valence-corrected chi connectivity index (χ3v) is 3.87. The number of halogens is 1. The summed E-state index contributed by atoms with van der Waals surface area (Å²) in [6.07, 6.45) is 1.58. The van der Waals surface area contributed by atoms with Gasteiger partial charge in [-0.1, -0.05) is 40.2 Å². The highest BCUT2D eigenvalue weighted by Gasteiger charge is 2.16. The number of benzene rings is 2. The molecular formula is C17H13BrN2O2. The molecule has 3 rings (SSSR count). The monoisotopic (exact) mass is 356 g/mol. The second-order valence-electron chi connectivity index (χ2n) is 4.91. The molecule has 22 heavy (non-hydrogen) atoms. The molecule has 0 aliphatic carbocycles. The maximum absolute atomic E-state index is 12.5. The molecule has 1 heterocycles. The van der Waals surface area contributed by atoms with Crippen molar-refractivity contribution in [2.45, 2.75) is 6.92 Å². The van der Waals surface area contributed by atoms with Gasteiger partial charge >= 0.3 is 0 Å². The summed E-state index contributed by atoms with van der Waals surface area (Å²) in [7, 11) is 0. The summed E-state index contributed by atoms with van der Waals surface area (Å²) in [5, 5.41) is 3.60. The number of nitrogens with zero attached hydrogens (tertiary/aromatic N) is 1. The summed E-state index contributed by atoms with van der Waals surface area (Å²) in [6.45, 7) is 1.47. The average molecular weight is 357 g/mol. The van der Waals surface area contributed by atoms with Crippen LogP contribution in [0, 0.1) is 0 Å². The van der Waals surface area contributed by atoms with E-state index in [4.69, 9.17) is 0 Å². The van der Waals surface area contributed by atoms with Crippen molar-refractivity contribution in [3.63, 3.8) is 0 Å². The van der Waals surface area contributed by atoms with Crippen LogP contribution in [0.2, 0.25) is 0 Å². The summed E-state index contributed by atoms with van der Waals surface area (Å²) in [5.74, 6) is -0.369. The van der Waals surface area contributed by atoms with E-state index in [0.29, 0.717) is 11.3 Å².